The molecule has 1 aromatic rings. The summed E-state index contributed by atoms with van der Waals surface area (Å²) in [5, 5.41) is 0. The summed E-state index contributed by atoms with van der Waals surface area (Å²) in [6.45, 7) is 6.62. The molecule has 7 nitrogen and oxygen atoms in total. The first kappa shape index (κ1) is 22.3. The molecule has 0 unspecified atom stereocenters. The summed E-state index contributed by atoms with van der Waals surface area (Å²) < 4.78 is 31.8. The molecule has 8 heteroatoms. The lowest BCUT2D eigenvalue weighted by molar-refractivity contribution is -0.133. The minimum Gasteiger partial charge on any atom is -0.379 e. The topological polar surface area (TPSA) is 97.8 Å². The Morgan fingerprint density at radius 1 is 1.13 bits per heavy atom. The summed E-state index contributed by atoms with van der Waals surface area (Å²) >= 11 is 0. The third kappa shape index (κ3) is 4.13. The molecule has 31 heavy (non-hydrogen) atoms. The predicted molar refractivity (Wildman–Crippen MR) is 114 cm³/mol. The maximum atomic E-state index is 13.5. The number of nitrogens with zero attached hydrogens (tertiary/aromatic N) is 1. The summed E-state index contributed by atoms with van der Waals surface area (Å²) in [4.78, 5) is 40.7. The minimum absolute atomic E-state index is 0.0159. The Kier molecular flexibility index (Phi) is 5.91. The number of hydrogen-bond acceptors (Lipinski definition) is 7. The Morgan fingerprint density at radius 2 is 1.77 bits per heavy atom. The second-order valence-corrected chi connectivity index (χ2v) is 11.4. The number of sulfone groups is 1. The van der Waals surface area contributed by atoms with Gasteiger partial charge in [0.15, 0.2) is 27.2 Å². The SMILES string of the molecule is CC1(C)CCS(=O)(=O)c2c1ccc(C(=O)C1C(=O)CCCC1=O)c2CN1CCOCC1. The number of Topliss-reactive ketones (excluding diaryl/α,β-unsaturated/α-hetero) is 3. The van der Waals surface area contributed by atoms with E-state index in [0.717, 1.165) is 0 Å². The molecule has 0 aromatic heterocycles. The van der Waals surface area contributed by atoms with E-state index in [9.17, 15) is 22.8 Å². The average molecular weight is 448 g/mol. The number of fused-ring (bicyclic) bond motifs is 1. The normalized spacial score (nSPS) is 24.1. The van der Waals surface area contributed by atoms with E-state index in [1.165, 1.54) is 0 Å². The molecule has 168 valence electrons. The lowest BCUT2D eigenvalue weighted by atomic mass is 9.77. The van der Waals surface area contributed by atoms with Crippen molar-refractivity contribution in [2.75, 3.05) is 32.1 Å². The van der Waals surface area contributed by atoms with Crippen molar-refractivity contribution in [2.45, 2.75) is 56.4 Å². The van der Waals surface area contributed by atoms with Gasteiger partial charge in [-0.15, -0.1) is 0 Å². The summed E-state index contributed by atoms with van der Waals surface area (Å²) in [6.07, 6.45) is 1.38. The Balaban J connectivity index is 1.88. The van der Waals surface area contributed by atoms with Crippen molar-refractivity contribution in [3.8, 4) is 0 Å². The molecule has 3 aliphatic rings. The number of carbonyl (C=O) groups is 3. The fraction of sp³-hybridized carbons (Fsp3) is 0.609. The van der Waals surface area contributed by atoms with E-state index in [4.69, 9.17) is 4.74 Å². The van der Waals surface area contributed by atoms with Crippen molar-refractivity contribution in [2.24, 2.45) is 5.92 Å². The highest BCUT2D eigenvalue weighted by molar-refractivity contribution is 7.91. The van der Waals surface area contributed by atoms with Crippen molar-refractivity contribution < 1.29 is 27.5 Å². The zero-order chi connectivity index (χ0) is 22.4. The fourth-order valence-corrected chi connectivity index (χ4v) is 7.08. The van der Waals surface area contributed by atoms with Crippen LogP contribution in [0.3, 0.4) is 0 Å². The Hall–Kier alpha value is -1.90. The van der Waals surface area contributed by atoms with E-state index in [0.29, 0.717) is 50.3 Å². The van der Waals surface area contributed by atoms with Crippen LogP contribution in [0.25, 0.3) is 0 Å². The van der Waals surface area contributed by atoms with Crippen LogP contribution in [-0.4, -0.2) is 62.7 Å². The van der Waals surface area contributed by atoms with Crippen molar-refractivity contribution in [3.63, 3.8) is 0 Å². The molecular formula is C23H29NO6S. The van der Waals surface area contributed by atoms with Gasteiger partial charge in [-0.3, -0.25) is 19.3 Å². The molecule has 1 aliphatic carbocycles. The molecule has 0 amide bonds. The summed E-state index contributed by atoms with van der Waals surface area (Å²) in [5.74, 6) is -2.57. The number of benzene rings is 1. The van der Waals surface area contributed by atoms with Crippen LogP contribution in [0.5, 0.6) is 0 Å². The zero-order valence-corrected chi connectivity index (χ0v) is 18.9. The Bertz CT molecular complexity index is 1020. The summed E-state index contributed by atoms with van der Waals surface area (Å²) in [5.41, 5.74) is 0.988. The van der Waals surface area contributed by atoms with Crippen LogP contribution in [0, 0.1) is 5.92 Å². The van der Waals surface area contributed by atoms with Gasteiger partial charge in [-0.2, -0.15) is 0 Å². The molecular weight excluding hydrogens is 418 g/mol. The molecule has 1 saturated carbocycles. The number of rotatable bonds is 4. The van der Waals surface area contributed by atoms with Crippen molar-refractivity contribution in [3.05, 3.63) is 28.8 Å². The lowest BCUT2D eigenvalue weighted by Crippen LogP contribution is -2.40. The molecule has 0 bridgehead atoms. The number of ether oxygens (including phenoxy) is 1. The maximum absolute atomic E-state index is 13.5. The molecule has 0 N–H and O–H groups in total. The first-order valence-electron chi connectivity index (χ1n) is 10.9. The molecule has 0 atom stereocenters. The molecule has 2 aliphatic heterocycles. The second kappa shape index (κ2) is 8.22. The highest BCUT2D eigenvalue weighted by atomic mass is 32.2. The number of ketones is 3. The van der Waals surface area contributed by atoms with E-state index in [1.54, 1.807) is 12.1 Å². The van der Waals surface area contributed by atoms with Crippen molar-refractivity contribution in [1.29, 1.82) is 0 Å². The number of carbonyl (C=O) groups excluding carboxylic acids is 3. The van der Waals surface area contributed by atoms with Gasteiger partial charge in [0.05, 0.1) is 23.9 Å². The van der Waals surface area contributed by atoms with Crippen molar-refractivity contribution in [1.82, 2.24) is 4.90 Å². The molecule has 0 spiro atoms. The maximum Gasteiger partial charge on any atom is 0.181 e. The first-order chi connectivity index (χ1) is 14.6. The highest BCUT2D eigenvalue weighted by Gasteiger charge is 2.42. The molecule has 1 aromatic carbocycles. The van der Waals surface area contributed by atoms with Crippen LogP contribution >= 0.6 is 0 Å². The largest absolute Gasteiger partial charge is 0.379 e. The standard InChI is InChI=1S/C23H29NO6S/c1-23(2)8-13-31(28,29)22-16(14-24-9-11-30-12-10-24)15(6-7-17(22)23)21(27)20-18(25)4-3-5-19(20)26/h6-7,20H,3-5,8-14H2,1-2H3. The molecule has 2 fully saturated rings. The van der Waals surface area contributed by atoms with E-state index in [1.807, 2.05) is 13.8 Å². The van der Waals surface area contributed by atoms with Gasteiger partial charge in [-0.1, -0.05) is 26.0 Å². The van der Waals surface area contributed by atoms with Gasteiger partial charge in [0.25, 0.3) is 0 Å². The Morgan fingerprint density at radius 3 is 2.42 bits per heavy atom. The van der Waals surface area contributed by atoms with E-state index < -0.39 is 21.5 Å². The predicted octanol–water partition coefficient (Wildman–Crippen LogP) is 2.09. The van der Waals surface area contributed by atoms with E-state index >= 15 is 0 Å². The zero-order valence-electron chi connectivity index (χ0n) is 18.1. The summed E-state index contributed by atoms with van der Waals surface area (Å²) in [6, 6.07) is 3.34. The van der Waals surface area contributed by atoms with E-state index in [2.05, 4.69) is 4.90 Å². The summed E-state index contributed by atoms with van der Waals surface area (Å²) in [7, 11) is -3.59. The van der Waals surface area contributed by atoms with E-state index in [-0.39, 0.29) is 52.6 Å². The first-order valence-corrected chi connectivity index (χ1v) is 12.6. The van der Waals surface area contributed by atoms with Gasteiger partial charge in [-0.25, -0.2) is 8.42 Å². The quantitative estimate of drug-likeness (QED) is 0.515. The minimum atomic E-state index is -3.59. The highest BCUT2D eigenvalue weighted by Crippen LogP contribution is 2.42. The van der Waals surface area contributed by atoms with Crippen molar-refractivity contribution >= 4 is 27.2 Å². The van der Waals surface area contributed by atoms with Gasteiger partial charge >= 0.3 is 0 Å². The monoisotopic (exact) mass is 447 g/mol. The van der Waals surface area contributed by atoms with Crippen LogP contribution in [0.1, 0.15) is 61.0 Å². The molecule has 2 heterocycles. The third-order valence-corrected chi connectivity index (χ3v) is 8.63. The smallest absolute Gasteiger partial charge is 0.181 e. The molecule has 1 saturated heterocycles. The van der Waals surface area contributed by atoms with Gasteiger partial charge in [0, 0.05) is 38.0 Å². The van der Waals surface area contributed by atoms with Gasteiger partial charge < -0.3 is 4.74 Å². The van der Waals surface area contributed by atoms with Gasteiger partial charge in [-0.05, 0) is 29.4 Å². The number of hydrogen-bond donors (Lipinski definition) is 0. The number of morpholine rings is 1. The van der Waals surface area contributed by atoms with Crippen LogP contribution in [0.4, 0.5) is 0 Å². The van der Waals surface area contributed by atoms with Crippen LogP contribution < -0.4 is 0 Å². The molecule has 0 radical (unpaired) electrons. The van der Waals surface area contributed by atoms with Crippen LogP contribution in [0.15, 0.2) is 17.0 Å². The fourth-order valence-electron chi connectivity index (χ4n) is 4.87. The lowest BCUT2D eigenvalue weighted by Gasteiger charge is -2.36. The molecule has 4 rings (SSSR count). The van der Waals surface area contributed by atoms with Gasteiger partial charge in [0.2, 0.25) is 0 Å². The third-order valence-electron chi connectivity index (χ3n) is 6.80. The Labute approximate surface area is 183 Å². The van der Waals surface area contributed by atoms with Crippen LogP contribution in [0.2, 0.25) is 0 Å². The second-order valence-electron chi connectivity index (χ2n) is 9.39. The average Bonchev–Trinajstić information content (AvgIpc) is 2.72. The van der Waals surface area contributed by atoms with Gasteiger partial charge in [0.1, 0.15) is 5.92 Å². The van der Waals surface area contributed by atoms with Crippen LogP contribution in [-0.2, 0) is 36.1 Å².